The van der Waals surface area contributed by atoms with Gasteiger partial charge < -0.3 is 15.4 Å². The lowest BCUT2D eigenvalue weighted by Gasteiger charge is -2.27. The number of para-hydroxylation sites is 1. The van der Waals surface area contributed by atoms with Gasteiger partial charge in [0.05, 0.1) is 5.56 Å². The van der Waals surface area contributed by atoms with Gasteiger partial charge in [-0.2, -0.15) is 13.2 Å². The van der Waals surface area contributed by atoms with Crippen molar-refractivity contribution in [1.29, 1.82) is 0 Å². The molecule has 0 unspecified atom stereocenters. The number of amides is 1. The number of carbonyl (C=O) groups is 1. The van der Waals surface area contributed by atoms with E-state index in [0.29, 0.717) is 13.1 Å². The van der Waals surface area contributed by atoms with Crippen molar-refractivity contribution in [1.82, 2.24) is 4.90 Å². The zero-order valence-corrected chi connectivity index (χ0v) is 12.3. The molecule has 1 fully saturated rings. The number of ether oxygens (including phenoxy) is 1. The Hall–Kier alpha value is -1.76. The maximum Gasteiger partial charge on any atom is 0.419 e. The van der Waals surface area contributed by atoms with Crippen LogP contribution in [0, 0.1) is 0 Å². The third kappa shape index (κ3) is 3.52. The molecule has 2 atom stereocenters. The number of benzene rings is 1. The van der Waals surface area contributed by atoms with Crippen LogP contribution in [0.5, 0.6) is 5.75 Å². The van der Waals surface area contributed by atoms with Gasteiger partial charge in [-0.25, -0.2) is 0 Å². The van der Waals surface area contributed by atoms with E-state index in [1.54, 1.807) is 4.90 Å². The van der Waals surface area contributed by atoms with Gasteiger partial charge in [0, 0.05) is 19.1 Å². The Morgan fingerprint density at radius 3 is 2.77 bits per heavy atom. The number of nitrogens with zero attached hydrogens (tertiary/aromatic N) is 1. The van der Waals surface area contributed by atoms with Crippen LogP contribution in [-0.2, 0) is 11.0 Å². The molecule has 1 aromatic rings. The smallest absolute Gasteiger partial charge is 0.419 e. The van der Waals surface area contributed by atoms with E-state index in [4.69, 9.17) is 10.5 Å². The number of rotatable bonds is 4. The van der Waals surface area contributed by atoms with Gasteiger partial charge in [-0.05, 0) is 31.9 Å². The van der Waals surface area contributed by atoms with Crippen LogP contribution in [0.25, 0.3) is 0 Å². The lowest BCUT2D eigenvalue weighted by atomic mass is 10.2. The van der Waals surface area contributed by atoms with Gasteiger partial charge in [-0.3, -0.25) is 4.79 Å². The summed E-state index contributed by atoms with van der Waals surface area (Å²) in [6.45, 7) is 2.37. The third-order valence-electron chi connectivity index (χ3n) is 3.78. The highest BCUT2D eigenvalue weighted by molar-refractivity contribution is 5.81. The van der Waals surface area contributed by atoms with Gasteiger partial charge in [0.15, 0.2) is 6.10 Å². The summed E-state index contributed by atoms with van der Waals surface area (Å²) in [6.07, 6.45) is -3.85. The highest BCUT2D eigenvalue weighted by Crippen LogP contribution is 2.36. The fraction of sp³-hybridized carbons (Fsp3) is 0.533. The minimum Gasteiger partial charge on any atom is -0.480 e. The summed E-state index contributed by atoms with van der Waals surface area (Å²) in [5, 5.41) is 0. The van der Waals surface area contributed by atoms with Crippen LogP contribution in [0.2, 0.25) is 0 Å². The first-order chi connectivity index (χ1) is 10.3. The largest absolute Gasteiger partial charge is 0.480 e. The van der Waals surface area contributed by atoms with Crippen LogP contribution in [0.15, 0.2) is 24.3 Å². The Labute approximate surface area is 127 Å². The average Bonchev–Trinajstić information content (AvgIpc) is 2.94. The molecule has 7 heteroatoms. The van der Waals surface area contributed by atoms with Crippen molar-refractivity contribution < 1.29 is 22.7 Å². The molecule has 22 heavy (non-hydrogen) atoms. The van der Waals surface area contributed by atoms with Gasteiger partial charge in [0.25, 0.3) is 5.91 Å². The molecule has 1 amide bonds. The maximum atomic E-state index is 12.9. The molecular weight excluding hydrogens is 297 g/mol. The summed E-state index contributed by atoms with van der Waals surface area (Å²) in [5.41, 5.74) is 4.73. The second-order valence-electron chi connectivity index (χ2n) is 5.32. The lowest BCUT2D eigenvalue weighted by Crippen LogP contribution is -2.45. The summed E-state index contributed by atoms with van der Waals surface area (Å²) in [6, 6.07) is 4.83. The molecule has 0 radical (unpaired) electrons. The fourth-order valence-corrected chi connectivity index (χ4v) is 2.65. The first kappa shape index (κ1) is 16.6. The van der Waals surface area contributed by atoms with E-state index in [1.165, 1.54) is 25.1 Å². The van der Waals surface area contributed by atoms with Crippen molar-refractivity contribution in [3.63, 3.8) is 0 Å². The number of nitrogens with two attached hydrogens (primary N) is 1. The molecule has 4 nitrogen and oxygen atoms in total. The quantitative estimate of drug-likeness (QED) is 0.928. The SMILES string of the molecule is C[C@@H](Oc1ccccc1C(F)(F)F)C(=O)N1CCC[C@@H]1CN. The number of hydrogen-bond acceptors (Lipinski definition) is 3. The normalized spacial score (nSPS) is 20.0. The number of halogens is 3. The highest BCUT2D eigenvalue weighted by Gasteiger charge is 2.36. The van der Waals surface area contributed by atoms with Crippen molar-refractivity contribution >= 4 is 5.91 Å². The molecule has 0 spiro atoms. The standard InChI is InChI=1S/C15H19F3N2O2/c1-10(14(21)20-8-4-5-11(20)9-19)22-13-7-3-2-6-12(13)15(16,17)18/h2-3,6-7,10-11H,4-5,8-9,19H2,1H3/t10-,11-/m1/s1. The third-order valence-corrected chi connectivity index (χ3v) is 3.78. The van der Waals surface area contributed by atoms with E-state index < -0.39 is 17.8 Å². The van der Waals surface area contributed by atoms with Crippen LogP contribution in [0.4, 0.5) is 13.2 Å². The summed E-state index contributed by atoms with van der Waals surface area (Å²) >= 11 is 0. The van der Waals surface area contributed by atoms with Crippen molar-refractivity contribution in [3.8, 4) is 5.75 Å². The zero-order valence-electron chi connectivity index (χ0n) is 12.3. The molecule has 0 aromatic heterocycles. The number of hydrogen-bond donors (Lipinski definition) is 1. The Balaban J connectivity index is 2.12. The molecule has 0 saturated carbocycles. The highest BCUT2D eigenvalue weighted by atomic mass is 19.4. The predicted molar refractivity (Wildman–Crippen MR) is 75.3 cm³/mol. The monoisotopic (exact) mass is 316 g/mol. The predicted octanol–water partition coefficient (Wildman–Crippen LogP) is 2.42. The van der Waals surface area contributed by atoms with E-state index in [-0.39, 0.29) is 17.7 Å². The second-order valence-corrected chi connectivity index (χ2v) is 5.32. The first-order valence-electron chi connectivity index (χ1n) is 7.18. The lowest BCUT2D eigenvalue weighted by molar-refractivity contribution is -0.143. The van der Waals surface area contributed by atoms with Gasteiger partial charge in [0.2, 0.25) is 0 Å². The second kappa shape index (κ2) is 6.56. The molecule has 1 aliphatic rings. The van der Waals surface area contributed by atoms with E-state index in [1.807, 2.05) is 0 Å². The molecule has 0 bridgehead atoms. The Morgan fingerprint density at radius 2 is 2.14 bits per heavy atom. The van der Waals surface area contributed by atoms with E-state index in [0.717, 1.165) is 18.9 Å². The minimum atomic E-state index is -4.52. The molecule has 122 valence electrons. The number of alkyl halides is 3. The molecule has 0 aliphatic carbocycles. The van der Waals surface area contributed by atoms with Crippen molar-refractivity contribution in [2.75, 3.05) is 13.1 Å². The van der Waals surface area contributed by atoms with E-state index in [9.17, 15) is 18.0 Å². The topological polar surface area (TPSA) is 55.6 Å². The van der Waals surface area contributed by atoms with Crippen LogP contribution >= 0.6 is 0 Å². The number of carbonyl (C=O) groups excluding carboxylic acids is 1. The molecular formula is C15H19F3N2O2. The molecule has 1 heterocycles. The Kier molecular flexibility index (Phi) is 4.95. The molecule has 1 aliphatic heterocycles. The van der Waals surface area contributed by atoms with Crippen molar-refractivity contribution in [2.45, 2.75) is 38.1 Å². The molecule has 1 saturated heterocycles. The number of likely N-dealkylation sites (tertiary alicyclic amines) is 1. The Morgan fingerprint density at radius 1 is 1.45 bits per heavy atom. The maximum absolute atomic E-state index is 12.9. The van der Waals surface area contributed by atoms with Gasteiger partial charge in [0.1, 0.15) is 5.75 Å². The summed E-state index contributed by atoms with van der Waals surface area (Å²) in [7, 11) is 0. The summed E-state index contributed by atoms with van der Waals surface area (Å²) < 4.78 is 44.1. The van der Waals surface area contributed by atoms with Crippen LogP contribution in [-0.4, -0.2) is 36.0 Å². The molecule has 2 rings (SSSR count). The minimum absolute atomic E-state index is 0.0589. The van der Waals surface area contributed by atoms with Gasteiger partial charge >= 0.3 is 6.18 Å². The zero-order chi connectivity index (χ0) is 16.3. The van der Waals surface area contributed by atoms with Crippen LogP contribution < -0.4 is 10.5 Å². The van der Waals surface area contributed by atoms with Gasteiger partial charge in [-0.15, -0.1) is 0 Å². The molecule has 2 N–H and O–H groups in total. The van der Waals surface area contributed by atoms with Gasteiger partial charge in [-0.1, -0.05) is 12.1 Å². The summed E-state index contributed by atoms with van der Waals surface area (Å²) in [5.74, 6) is -0.663. The van der Waals surface area contributed by atoms with E-state index in [2.05, 4.69) is 0 Å². The fourth-order valence-electron chi connectivity index (χ4n) is 2.65. The summed E-state index contributed by atoms with van der Waals surface area (Å²) in [4.78, 5) is 13.9. The Bertz CT molecular complexity index is 534. The van der Waals surface area contributed by atoms with Crippen LogP contribution in [0.1, 0.15) is 25.3 Å². The first-order valence-corrected chi connectivity index (χ1v) is 7.18. The van der Waals surface area contributed by atoms with Crippen LogP contribution in [0.3, 0.4) is 0 Å². The van der Waals surface area contributed by atoms with E-state index >= 15 is 0 Å². The van der Waals surface area contributed by atoms with Crippen molar-refractivity contribution in [3.05, 3.63) is 29.8 Å². The average molecular weight is 316 g/mol. The molecule has 1 aromatic carbocycles. The van der Waals surface area contributed by atoms with Crippen molar-refractivity contribution in [2.24, 2.45) is 5.73 Å².